The number of carboxylic acids is 1. The summed E-state index contributed by atoms with van der Waals surface area (Å²) in [5, 5.41) is 19.8. The Morgan fingerprint density at radius 1 is 1.29 bits per heavy atom. The van der Waals surface area contributed by atoms with E-state index in [-0.39, 0.29) is 11.5 Å². The van der Waals surface area contributed by atoms with Gasteiger partial charge in [0.25, 0.3) is 0 Å². The molecule has 1 aliphatic rings. The van der Waals surface area contributed by atoms with Crippen LogP contribution in [0, 0.1) is 5.92 Å². The normalized spacial score (nSPS) is 20.1. The minimum absolute atomic E-state index is 0.169. The second-order valence-electron chi connectivity index (χ2n) is 4.98. The Balaban J connectivity index is 2.41. The molecule has 0 spiro atoms. The summed E-state index contributed by atoms with van der Waals surface area (Å²) in [6, 6.07) is 6.76. The van der Waals surface area contributed by atoms with Crippen LogP contribution in [0.3, 0.4) is 0 Å². The lowest BCUT2D eigenvalue weighted by Crippen LogP contribution is -2.32. The van der Waals surface area contributed by atoms with E-state index in [0.717, 1.165) is 25.7 Å². The van der Waals surface area contributed by atoms with Gasteiger partial charge < -0.3 is 10.2 Å². The number of hydrogen-bond donors (Lipinski definition) is 2. The molecule has 0 radical (unpaired) electrons. The first-order chi connectivity index (χ1) is 8.03. The summed E-state index contributed by atoms with van der Waals surface area (Å²) < 4.78 is 0. The van der Waals surface area contributed by atoms with Crippen molar-refractivity contribution in [3.05, 3.63) is 35.4 Å². The highest BCUT2D eigenvalue weighted by Gasteiger charge is 2.37. The molecule has 2 rings (SSSR count). The molecule has 0 heterocycles. The standard InChI is InChI=1S/C14H18O3/c1-14(17,10-6-2-3-7-10)12-9-5-4-8-11(12)13(15)16/h4-5,8-10,17H,2-3,6-7H2,1H3,(H,15,16). The predicted octanol–water partition coefficient (Wildman–Crippen LogP) is 2.78. The van der Waals surface area contributed by atoms with Crippen molar-refractivity contribution in [1.82, 2.24) is 0 Å². The molecule has 0 bridgehead atoms. The molecule has 3 nitrogen and oxygen atoms in total. The van der Waals surface area contributed by atoms with Gasteiger partial charge in [0.1, 0.15) is 0 Å². The number of aromatic carboxylic acids is 1. The van der Waals surface area contributed by atoms with E-state index in [0.29, 0.717) is 5.56 Å². The Bertz CT molecular complexity index is 417. The zero-order valence-corrected chi connectivity index (χ0v) is 10.0. The van der Waals surface area contributed by atoms with Gasteiger partial charge in [0.2, 0.25) is 0 Å². The summed E-state index contributed by atoms with van der Waals surface area (Å²) in [7, 11) is 0. The van der Waals surface area contributed by atoms with Crippen molar-refractivity contribution in [2.45, 2.75) is 38.2 Å². The lowest BCUT2D eigenvalue weighted by atomic mass is 9.80. The highest BCUT2D eigenvalue weighted by Crippen LogP contribution is 2.41. The van der Waals surface area contributed by atoms with Crippen molar-refractivity contribution in [1.29, 1.82) is 0 Å². The lowest BCUT2D eigenvalue weighted by Gasteiger charge is -2.31. The van der Waals surface area contributed by atoms with E-state index in [2.05, 4.69) is 0 Å². The maximum absolute atomic E-state index is 11.2. The van der Waals surface area contributed by atoms with Gasteiger partial charge in [-0.15, -0.1) is 0 Å². The first-order valence-corrected chi connectivity index (χ1v) is 6.08. The Morgan fingerprint density at radius 2 is 1.88 bits per heavy atom. The van der Waals surface area contributed by atoms with Crippen molar-refractivity contribution in [2.24, 2.45) is 5.92 Å². The van der Waals surface area contributed by atoms with Gasteiger partial charge in [-0.2, -0.15) is 0 Å². The molecule has 0 aromatic heterocycles. The van der Waals surface area contributed by atoms with Crippen molar-refractivity contribution in [3.8, 4) is 0 Å². The van der Waals surface area contributed by atoms with Gasteiger partial charge in [0, 0.05) is 0 Å². The summed E-state index contributed by atoms with van der Waals surface area (Å²) in [5.41, 5.74) is -0.283. The average molecular weight is 234 g/mol. The van der Waals surface area contributed by atoms with Gasteiger partial charge in [0.05, 0.1) is 11.2 Å². The number of carboxylic acid groups (broad SMARTS) is 1. The fourth-order valence-electron chi connectivity index (χ4n) is 2.82. The number of rotatable bonds is 3. The topological polar surface area (TPSA) is 57.5 Å². The minimum Gasteiger partial charge on any atom is -0.478 e. The zero-order chi connectivity index (χ0) is 12.5. The second kappa shape index (κ2) is 4.49. The molecular weight excluding hydrogens is 216 g/mol. The van der Waals surface area contributed by atoms with E-state index in [1.165, 1.54) is 0 Å². The minimum atomic E-state index is -1.04. The Morgan fingerprint density at radius 3 is 2.47 bits per heavy atom. The molecule has 1 saturated carbocycles. The van der Waals surface area contributed by atoms with Crippen LogP contribution in [0.25, 0.3) is 0 Å². The van der Waals surface area contributed by atoms with E-state index in [4.69, 9.17) is 5.11 Å². The fourth-order valence-corrected chi connectivity index (χ4v) is 2.82. The van der Waals surface area contributed by atoms with E-state index >= 15 is 0 Å². The van der Waals surface area contributed by atoms with Crippen molar-refractivity contribution in [2.75, 3.05) is 0 Å². The van der Waals surface area contributed by atoms with Crippen molar-refractivity contribution < 1.29 is 15.0 Å². The molecule has 1 atom stereocenters. The third kappa shape index (κ3) is 2.20. The van der Waals surface area contributed by atoms with Gasteiger partial charge in [-0.1, -0.05) is 31.0 Å². The third-order valence-corrected chi connectivity index (χ3v) is 3.85. The summed E-state index contributed by atoms with van der Waals surface area (Å²) >= 11 is 0. The number of hydrogen-bond acceptors (Lipinski definition) is 2. The SMILES string of the molecule is CC(O)(c1ccccc1C(=O)O)C1CCCC1. The van der Waals surface area contributed by atoms with E-state index in [1.54, 1.807) is 31.2 Å². The Kier molecular flexibility index (Phi) is 3.20. The molecule has 1 fully saturated rings. The zero-order valence-electron chi connectivity index (χ0n) is 10.0. The monoisotopic (exact) mass is 234 g/mol. The largest absolute Gasteiger partial charge is 0.478 e. The number of benzene rings is 1. The summed E-state index contributed by atoms with van der Waals surface area (Å²) in [6.45, 7) is 1.74. The summed E-state index contributed by atoms with van der Waals surface area (Å²) in [6.07, 6.45) is 4.19. The molecule has 0 saturated heterocycles. The van der Waals surface area contributed by atoms with Crippen molar-refractivity contribution >= 4 is 5.97 Å². The van der Waals surface area contributed by atoms with Gasteiger partial charge in [-0.05, 0) is 37.3 Å². The molecule has 1 aliphatic carbocycles. The fraction of sp³-hybridized carbons (Fsp3) is 0.500. The number of aliphatic hydroxyl groups is 1. The predicted molar refractivity (Wildman–Crippen MR) is 64.9 cm³/mol. The van der Waals surface area contributed by atoms with Crippen LogP contribution in [0.2, 0.25) is 0 Å². The van der Waals surface area contributed by atoms with Crippen LogP contribution in [0.5, 0.6) is 0 Å². The molecule has 0 amide bonds. The summed E-state index contributed by atoms with van der Waals surface area (Å²) in [5.74, 6) is -0.804. The smallest absolute Gasteiger partial charge is 0.336 e. The van der Waals surface area contributed by atoms with Gasteiger partial charge >= 0.3 is 5.97 Å². The molecule has 3 heteroatoms. The van der Waals surface area contributed by atoms with Crippen LogP contribution in [-0.4, -0.2) is 16.2 Å². The van der Waals surface area contributed by atoms with Crippen LogP contribution in [0.4, 0.5) is 0 Å². The Hall–Kier alpha value is -1.35. The molecule has 2 N–H and O–H groups in total. The van der Waals surface area contributed by atoms with E-state index in [1.807, 2.05) is 0 Å². The van der Waals surface area contributed by atoms with E-state index in [9.17, 15) is 9.90 Å². The van der Waals surface area contributed by atoms with Crippen LogP contribution < -0.4 is 0 Å². The quantitative estimate of drug-likeness (QED) is 0.845. The molecule has 1 aromatic rings. The van der Waals surface area contributed by atoms with Gasteiger partial charge in [-0.3, -0.25) is 0 Å². The highest BCUT2D eigenvalue weighted by molar-refractivity contribution is 5.89. The maximum atomic E-state index is 11.2. The van der Waals surface area contributed by atoms with Crippen LogP contribution >= 0.6 is 0 Å². The Labute approximate surface area is 101 Å². The second-order valence-corrected chi connectivity index (χ2v) is 4.98. The molecule has 17 heavy (non-hydrogen) atoms. The molecule has 92 valence electrons. The van der Waals surface area contributed by atoms with Gasteiger partial charge in [0.15, 0.2) is 0 Å². The molecule has 0 aliphatic heterocycles. The third-order valence-electron chi connectivity index (χ3n) is 3.85. The first kappa shape index (κ1) is 12.1. The highest BCUT2D eigenvalue weighted by atomic mass is 16.4. The van der Waals surface area contributed by atoms with Crippen LogP contribution in [0.1, 0.15) is 48.5 Å². The lowest BCUT2D eigenvalue weighted by molar-refractivity contribution is -0.00463. The average Bonchev–Trinajstić information content (AvgIpc) is 2.83. The molecule has 1 aromatic carbocycles. The maximum Gasteiger partial charge on any atom is 0.336 e. The van der Waals surface area contributed by atoms with Crippen molar-refractivity contribution in [3.63, 3.8) is 0 Å². The van der Waals surface area contributed by atoms with E-state index < -0.39 is 11.6 Å². The molecular formula is C14H18O3. The van der Waals surface area contributed by atoms with Crippen LogP contribution in [-0.2, 0) is 5.60 Å². The first-order valence-electron chi connectivity index (χ1n) is 6.08. The van der Waals surface area contributed by atoms with Gasteiger partial charge in [-0.25, -0.2) is 4.79 Å². The number of carbonyl (C=O) groups is 1. The molecule has 1 unspecified atom stereocenters. The van der Waals surface area contributed by atoms with Crippen LogP contribution in [0.15, 0.2) is 24.3 Å². The summed E-state index contributed by atoms with van der Waals surface area (Å²) in [4.78, 5) is 11.2.